The molecule has 2 heterocycles. The summed E-state index contributed by atoms with van der Waals surface area (Å²) in [5.74, 6) is -0.420. The van der Waals surface area contributed by atoms with Gasteiger partial charge in [0.1, 0.15) is 0 Å². The van der Waals surface area contributed by atoms with E-state index in [-0.39, 0.29) is 23.6 Å². The van der Waals surface area contributed by atoms with Crippen molar-refractivity contribution in [2.24, 2.45) is 0 Å². The lowest BCUT2D eigenvalue weighted by molar-refractivity contribution is -0.140. The van der Waals surface area contributed by atoms with Crippen LogP contribution in [0.4, 0.5) is 4.79 Å². The van der Waals surface area contributed by atoms with E-state index in [9.17, 15) is 9.59 Å². The Balaban J connectivity index is 1.76. The van der Waals surface area contributed by atoms with Crippen LogP contribution in [0.1, 0.15) is 71.1 Å². The Kier molecular flexibility index (Phi) is 5.82. The van der Waals surface area contributed by atoms with E-state index in [1.165, 1.54) is 6.42 Å². The molecule has 4 rings (SSSR count). The zero-order valence-corrected chi connectivity index (χ0v) is 19.0. The molecule has 1 aliphatic heterocycles. The molecule has 31 heavy (non-hydrogen) atoms. The molecule has 2 aliphatic rings. The first-order chi connectivity index (χ1) is 14.8. The first kappa shape index (κ1) is 21.5. The van der Waals surface area contributed by atoms with Crippen molar-refractivity contribution in [3.63, 3.8) is 0 Å². The molecular formula is C25H33N3O3. The summed E-state index contributed by atoms with van der Waals surface area (Å²) in [6, 6.07) is 8.11. The van der Waals surface area contributed by atoms with Crippen LogP contribution in [0.5, 0.6) is 0 Å². The van der Waals surface area contributed by atoms with E-state index in [4.69, 9.17) is 4.74 Å². The van der Waals surface area contributed by atoms with Crippen molar-refractivity contribution >= 4 is 28.5 Å². The van der Waals surface area contributed by atoms with Gasteiger partial charge in [-0.3, -0.25) is 4.90 Å². The number of para-hydroxylation sites is 1. The Hall–Kier alpha value is -2.76. The third kappa shape index (κ3) is 4.34. The largest absolute Gasteiger partial charge is 0.459 e. The smallest absolute Gasteiger partial charge is 0.342 e. The Morgan fingerprint density at radius 2 is 1.87 bits per heavy atom. The molecular weight excluding hydrogens is 390 g/mol. The van der Waals surface area contributed by atoms with Gasteiger partial charge in [0.15, 0.2) is 0 Å². The van der Waals surface area contributed by atoms with Gasteiger partial charge in [-0.25, -0.2) is 9.59 Å². The molecule has 0 saturated heterocycles. The molecule has 2 N–H and O–H groups in total. The van der Waals surface area contributed by atoms with Gasteiger partial charge in [-0.1, -0.05) is 51.3 Å². The lowest BCUT2D eigenvalue weighted by Crippen LogP contribution is -2.46. The summed E-state index contributed by atoms with van der Waals surface area (Å²) in [6.07, 6.45) is 6.98. The molecule has 0 spiro atoms. The SMILES string of the molecule is CC(C)OC(=O)C1=CN(C(=O)NC2CCCCC2)CC(C)(C)c2c1[nH]c1ccccc21. The maximum absolute atomic E-state index is 13.2. The van der Waals surface area contributed by atoms with Crippen LogP contribution in [0.2, 0.25) is 0 Å². The minimum atomic E-state index is -0.420. The molecule has 0 radical (unpaired) electrons. The van der Waals surface area contributed by atoms with E-state index in [0.29, 0.717) is 12.1 Å². The zero-order valence-electron chi connectivity index (χ0n) is 19.0. The van der Waals surface area contributed by atoms with Crippen LogP contribution >= 0.6 is 0 Å². The van der Waals surface area contributed by atoms with Crippen LogP contribution in [-0.2, 0) is 14.9 Å². The highest BCUT2D eigenvalue weighted by Gasteiger charge is 2.37. The number of hydrogen-bond donors (Lipinski definition) is 2. The number of esters is 1. The maximum Gasteiger partial charge on any atom is 0.342 e. The molecule has 1 saturated carbocycles. The normalized spacial score (nSPS) is 19.0. The molecule has 1 aliphatic carbocycles. The van der Waals surface area contributed by atoms with Gasteiger partial charge in [-0.15, -0.1) is 0 Å². The predicted octanol–water partition coefficient (Wildman–Crippen LogP) is 5.10. The molecule has 1 aromatic heterocycles. The fraction of sp³-hybridized carbons (Fsp3) is 0.520. The van der Waals surface area contributed by atoms with E-state index in [2.05, 4.69) is 30.2 Å². The van der Waals surface area contributed by atoms with Gasteiger partial charge >= 0.3 is 12.0 Å². The number of aromatic amines is 1. The Bertz CT molecular complexity index is 1010. The van der Waals surface area contributed by atoms with Gasteiger partial charge in [0, 0.05) is 35.1 Å². The first-order valence-corrected chi connectivity index (χ1v) is 11.4. The highest BCUT2D eigenvalue weighted by Crippen LogP contribution is 2.40. The van der Waals surface area contributed by atoms with Crippen LogP contribution in [-0.4, -0.2) is 40.6 Å². The minimum absolute atomic E-state index is 0.149. The van der Waals surface area contributed by atoms with Gasteiger partial charge < -0.3 is 15.0 Å². The number of urea groups is 1. The maximum atomic E-state index is 13.2. The molecule has 2 amide bonds. The average Bonchev–Trinajstić information content (AvgIpc) is 3.05. The van der Waals surface area contributed by atoms with Gasteiger partial charge in [0.25, 0.3) is 0 Å². The summed E-state index contributed by atoms with van der Waals surface area (Å²) in [7, 11) is 0. The second-order valence-electron chi connectivity index (χ2n) is 9.71. The van der Waals surface area contributed by atoms with E-state index < -0.39 is 5.97 Å². The average molecular weight is 424 g/mol. The van der Waals surface area contributed by atoms with E-state index in [0.717, 1.165) is 47.8 Å². The molecule has 0 unspecified atom stereocenters. The number of amides is 2. The van der Waals surface area contributed by atoms with Crippen LogP contribution in [0.3, 0.4) is 0 Å². The predicted molar refractivity (Wildman–Crippen MR) is 123 cm³/mol. The second kappa shape index (κ2) is 8.40. The summed E-state index contributed by atoms with van der Waals surface area (Å²) in [5, 5.41) is 4.26. The summed E-state index contributed by atoms with van der Waals surface area (Å²) in [5.41, 5.74) is 2.79. The number of H-pyrrole nitrogens is 1. The second-order valence-corrected chi connectivity index (χ2v) is 9.71. The highest BCUT2D eigenvalue weighted by atomic mass is 16.5. The standard InChI is InChI=1S/C25H33N3O3/c1-16(2)31-23(29)19-14-28(24(30)26-17-10-6-5-7-11-17)15-25(3,4)21-18-12-8-9-13-20(18)27-22(19)21/h8-9,12-14,16-17,27H,5-7,10-11,15H2,1-4H3,(H,26,30). The first-order valence-electron chi connectivity index (χ1n) is 11.4. The molecule has 6 nitrogen and oxygen atoms in total. The number of rotatable bonds is 3. The van der Waals surface area contributed by atoms with Crippen molar-refractivity contribution in [2.75, 3.05) is 6.54 Å². The molecule has 2 aromatic rings. The summed E-state index contributed by atoms with van der Waals surface area (Å²) >= 11 is 0. The lowest BCUT2D eigenvalue weighted by atomic mass is 9.82. The lowest BCUT2D eigenvalue weighted by Gasteiger charge is -2.31. The number of benzene rings is 1. The summed E-state index contributed by atoms with van der Waals surface area (Å²) < 4.78 is 5.56. The molecule has 1 aromatic carbocycles. The number of aromatic nitrogens is 1. The fourth-order valence-electron chi connectivity index (χ4n) is 4.89. The van der Waals surface area contributed by atoms with Crippen LogP contribution < -0.4 is 5.32 Å². The van der Waals surface area contributed by atoms with Crippen molar-refractivity contribution in [2.45, 2.75) is 77.4 Å². The molecule has 6 heteroatoms. The number of hydrogen-bond acceptors (Lipinski definition) is 3. The Morgan fingerprint density at radius 1 is 1.16 bits per heavy atom. The van der Waals surface area contributed by atoms with E-state index >= 15 is 0 Å². The number of nitrogens with zero attached hydrogens (tertiary/aromatic N) is 1. The zero-order chi connectivity index (χ0) is 22.2. The van der Waals surface area contributed by atoms with E-state index in [1.54, 1.807) is 11.1 Å². The van der Waals surface area contributed by atoms with Crippen molar-refractivity contribution < 1.29 is 14.3 Å². The van der Waals surface area contributed by atoms with Crippen molar-refractivity contribution in [1.29, 1.82) is 0 Å². The molecule has 1 fully saturated rings. The van der Waals surface area contributed by atoms with Gasteiger partial charge in [0.05, 0.1) is 17.4 Å². The number of carbonyl (C=O) groups excluding carboxylic acids is 2. The summed E-state index contributed by atoms with van der Waals surface area (Å²) in [4.78, 5) is 31.4. The van der Waals surface area contributed by atoms with Gasteiger partial charge in [0.2, 0.25) is 0 Å². The van der Waals surface area contributed by atoms with Crippen molar-refractivity contribution in [1.82, 2.24) is 15.2 Å². The number of fused-ring (bicyclic) bond motifs is 3. The molecule has 0 bridgehead atoms. The number of nitrogens with one attached hydrogen (secondary N) is 2. The van der Waals surface area contributed by atoms with Crippen molar-refractivity contribution in [3.8, 4) is 0 Å². The van der Waals surface area contributed by atoms with E-state index in [1.807, 2.05) is 32.0 Å². The fourth-order valence-corrected chi connectivity index (χ4v) is 4.89. The molecule has 166 valence electrons. The van der Waals surface area contributed by atoms with Crippen molar-refractivity contribution in [3.05, 3.63) is 41.7 Å². The van der Waals surface area contributed by atoms with Crippen LogP contribution in [0.25, 0.3) is 16.5 Å². The van der Waals surface area contributed by atoms with Gasteiger partial charge in [-0.05, 0) is 38.3 Å². The molecule has 0 atom stereocenters. The Morgan fingerprint density at radius 3 is 2.58 bits per heavy atom. The third-order valence-electron chi connectivity index (χ3n) is 6.26. The number of carbonyl (C=O) groups is 2. The van der Waals surface area contributed by atoms with Gasteiger partial charge in [-0.2, -0.15) is 0 Å². The van der Waals surface area contributed by atoms with Crippen LogP contribution in [0.15, 0.2) is 30.5 Å². The minimum Gasteiger partial charge on any atom is -0.459 e. The number of ether oxygens (including phenoxy) is 1. The monoisotopic (exact) mass is 423 g/mol. The van der Waals surface area contributed by atoms with Crippen LogP contribution in [0, 0.1) is 0 Å². The third-order valence-corrected chi connectivity index (χ3v) is 6.26. The quantitative estimate of drug-likeness (QED) is 0.675. The summed E-state index contributed by atoms with van der Waals surface area (Å²) in [6.45, 7) is 8.38. The topological polar surface area (TPSA) is 74.4 Å². The highest BCUT2D eigenvalue weighted by molar-refractivity contribution is 6.18. The Labute approximate surface area is 184 Å².